The van der Waals surface area contributed by atoms with Crippen LogP contribution in [-0.2, 0) is 11.3 Å². The molecule has 0 bridgehead atoms. The Kier molecular flexibility index (Phi) is 4.07. The summed E-state index contributed by atoms with van der Waals surface area (Å²) < 4.78 is 5.15. The lowest BCUT2D eigenvalue weighted by Gasteiger charge is -2.08. The van der Waals surface area contributed by atoms with E-state index in [1.54, 1.807) is 43.3 Å². The molecule has 4 heteroatoms. The average Bonchev–Trinajstić information content (AvgIpc) is 2.41. The molecule has 0 saturated carbocycles. The van der Waals surface area contributed by atoms with Crippen molar-refractivity contribution >= 4 is 17.6 Å². The lowest BCUT2D eigenvalue weighted by molar-refractivity contribution is 0.0469. The molecule has 0 heterocycles. The third-order valence-electron chi connectivity index (χ3n) is 2.74. The zero-order valence-electron chi connectivity index (χ0n) is 10.4. The topological polar surface area (TPSA) is 46.5 Å². The second kappa shape index (κ2) is 5.76. The first-order chi connectivity index (χ1) is 9.08. The molecule has 2 aromatic rings. The summed E-state index contributed by atoms with van der Waals surface area (Å²) in [5.41, 5.74) is 1.65. The molecular weight excluding hydrogens is 264 g/mol. The molecule has 0 saturated heterocycles. The van der Waals surface area contributed by atoms with Gasteiger partial charge in [-0.15, -0.1) is 0 Å². The molecule has 0 spiro atoms. The van der Waals surface area contributed by atoms with Crippen LogP contribution >= 0.6 is 11.6 Å². The third-order valence-corrected chi connectivity index (χ3v) is 2.99. The van der Waals surface area contributed by atoms with Gasteiger partial charge in [-0.2, -0.15) is 0 Å². The SMILES string of the molecule is Cc1cccc(C(=O)OCc2ccc(Cl)cc2)c1O. The molecule has 0 aliphatic carbocycles. The second-order valence-corrected chi connectivity index (χ2v) is 4.61. The monoisotopic (exact) mass is 276 g/mol. The van der Waals surface area contributed by atoms with Gasteiger partial charge in [0.25, 0.3) is 0 Å². The second-order valence-electron chi connectivity index (χ2n) is 4.17. The molecule has 98 valence electrons. The summed E-state index contributed by atoms with van der Waals surface area (Å²) >= 11 is 5.77. The quantitative estimate of drug-likeness (QED) is 0.869. The molecule has 0 atom stereocenters. The van der Waals surface area contributed by atoms with Crippen LogP contribution in [0.2, 0.25) is 5.02 Å². The highest BCUT2D eigenvalue weighted by molar-refractivity contribution is 6.30. The van der Waals surface area contributed by atoms with Crippen molar-refractivity contribution in [1.29, 1.82) is 0 Å². The van der Waals surface area contributed by atoms with Crippen LogP contribution in [-0.4, -0.2) is 11.1 Å². The van der Waals surface area contributed by atoms with Crippen LogP contribution in [0.4, 0.5) is 0 Å². The van der Waals surface area contributed by atoms with E-state index in [0.717, 1.165) is 5.56 Å². The number of hydrogen-bond acceptors (Lipinski definition) is 3. The first kappa shape index (κ1) is 13.4. The van der Waals surface area contributed by atoms with E-state index >= 15 is 0 Å². The van der Waals surface area contributed by atoms with Gasteiger partial charge in [-0.05, 0) is 36.2 Å². The molecule has 2 aromatic carbocycles. The molecule has 0 amide bonds. The van der Waals surface area contributed by atoms with Gasteiger partial charge in [-0.25, -0.2) is 4.79 Å². The van der Waals surface area contributed by atoms with Gasteiger partial charge in [0.1, 0.15) is 17.9 Å². The summed E-state index contributed by atoms with van der Waals surface area (Å²) in [6.07, 6.45) is 0. The molecule has 0 radical (unpaired) electrons. The molecule has 0 fully saturated rings. The molecule has 0 aliphatic rings. The minimum absolute atomic E-state index is 0.0383. The number of ether oxygens (including phenoxy) is 1. The van der Waals surface area contributed by atoms with E-state index in [1.165, 1.54) is 6.07 Å². The van der Waals surface area contributed by atoms with Gasteiger partial charge in [0.2, 0.25) is 0 Å². The zero-order valence-corrected chi connectivity index (χ0v) is 11.1. The third kappa shape index (κ3) is 3.26. The number of carbonyl (C=O) groups is 1. The Hall–Kier alpha value is -2.00. The number of benzene rings is 2. The number of para-hydroxylation sites is 1. The summed E-state index contributed by atoms with van der Waals surface area (Å²) in [5.74, 6) is -0.584. The predicted molar refractivity (Wildman–Crippen MR) is 73.4 cm³/mol. The van der Waals surface area contributed by atoms with Gasteiger partial charge in [0.15, 0.2) is 0 Å². The molecule has 2 rings (SSSR count). The number of rotatable bonds is 3. The number of aromatic hydroxyl groups is 1. The van der Waals surface area contributed by atoms with Crippen molar-refractivity contribution in [2.45, 2.75) is 13.5 Å². The van der Waals surface area contributed by atoms with E-state index in [9.17, 15) is 9.90 Å². The van der Waals surface area contributed by atoms with Crippen LogP contribution in [0.5, 0.6) is 5.75 Å². The summed E-state index contributed by atoms with van der Waals surface area (Å²) in [6, 6.07) is 12.0. The number of phenols is 1. The molecule has 0 unspecified atom stereocenters. The van der Waals surface area contributed by atoms with Crippen molar-refractivity contribution < 1.29 is 14.6 Å². The molecular formula is C15H13ClO3. The smallest absolute Gasteiger partial charge is 0.342 e. The molecule has 0 aromatic heterocycles. The van der Waals surface area contributed by atoms with Crippen molar-refractivity contribution in [3.8, 4) is 5.75 Å². The van der Waals surface area contributed by atoms with Crippen molar-refractivity contribution in [3.05, 3.63) is 64.2 Å². The number of carbonyl (C=O) groups excluding carboxylic acids is 1. The number of phenolic OH excluding ortho intramolecular Hbond substituents is 1. The van der Waals surface area contributed by atoms with E-state index < -0.39 is 5.97 Å². The van der Waals surface area contributed by atoms with Crippen molar-refractivity contribution in [3.63, 3.8) is 0 Å². The minimum Gasteiger partial charge on any atom is -0.507 e. The Morgan fingerprint density at radius 1 is 1.21 bits per heavy atom. The van der Waals surface area contributed by atoms with Gasteiger partial charge >= 0.3 is 5.97 Å². The minimum atomic E-state index is -0.545. The highest BCUT2D eigenvalue weighted by Crippen LogP contribution is 2.22. The number of halogens is 1. The average molecular weight is 277 g/mol. The normalized spacial score (nSPS) is 10.2. The first-order valence-electron chi connectivity index (χ1n) is 5.78. The fraction of sp³-hybridized carbons (Fsp3) is 0.133. The largest absolute Gasteiger partial charge is 0.507 e. The predicted octanol–water partition coefficient (Wildman–Crippen LogP) is 3.71. The van der Waals surface area contributed by atoms with E-state index in [-0.39, 0.29) is 17.9 Å². The van der Waals surface area contributed by atoms with Crippen LogP contribution in [0, 0.1) is 6.92 Å². The Labute approximate surface area is 116 Å². The maximum atomic E-state index is 11.8. The summed E-state index contributed by atoms with van der Waals surface area (Å²) in [4.78, 5) is 11.8. The fourth-order valence-electron chi connectivity index (χ4n) is 1.63. The molecule has 1 N–H and O–H groups in total. The van der Waals surface area contributed by atoms with E-state index in [2.05, 4.69) is 0 Å². The molecule has 0 aliphatic heterocycles. The number of hydrogen-bond donors (Lipinski definition) is 1. The van der Waals surface area contributed by atoms with E-state index in [4.69, 9.17) is 16.3 Å². The summed E-state index contributed by atoms with van der Waals surface area (Å²) in [6.45, 7) is 1.87. The zero-order chi connectivity index (χ0) is 13.8. The van der Waals surface area contributed by atoms with Gasteiger partial charge in [0.05, 0.1) is 0 Å². The van der Waals surface area contributed by atoms with Crippen LogP contribution in [0.3, 0.4) is 0 Å². The Morgan fingerprint density at radius 2 is 1.89 bits per heavy atom. The van der Waals surface area contributed by atoms with E-state index in [0.29, 0.717) is 10.6 Å². The van der Waals surface area contributed by atoms with Crippen molar-refractivity contribution in [2.24, 2.45) is 0 Å². The van der Waals surface area contributed by atoms with E-state index in [1.807, 2.05) is 0 Å². The van der Waals surface area contributed by atoms with Crippen LogP contribution in [0.1, 0.15) is 21.5 Å². The Balaban J connectivity index is 2.05. The van der Waals surface area contributed by atoms with Crippen LogP contribution < -0.4 is 0 Å². The number of aryl methyl sites for hydroxylation is 1. The highest BCUT2D eigenvalue weighted by Gasteiger charge is 2.13. The lowest BCUT2D eigenvalue weighted by Crippen LogP contribution is -2.06. The summed E-state index contributed by atoms with van der Waals surface area (Å²) in [7, 11) is 0. The van der Waals surface area contributed by atoms with Crippen LogP contribution in [0.15, 0.2) is 42.5 Å². The summed E-state index contributed by atoms with van der Waals surface area (Å²) in [5, 5.41) is 10.4. The lowest BCUT2D eigenvalue weighted by atomic mass is 10.1. The van der Waals surface area contributed by atoms with Crippen molar-refractivity contribution in [2.75, 3.05) is 0 Å². The molecule has 3 nitrogen and oxygen atoms in total. The van der Waals surface area contributed by atoms with Gasteiger partial charge in [0, 0.05) is 5.02 Å². The Bertz CT molecular complexity index is 591. The van der Waals surface area contributed by atoms with Gasteiger partial charge in [-0.3, -0.25) is 0 Å². The highest BCUT2D eigenvalue weighted by atomic mass is 35.5. The first-order valence-corrected chi connectivity index (χ1v) is 6.16. The van der Waals surface area contributed by atoms with Gasteiger partial charge in [-0.1, -0.05) is 35.9 Å². The van der Waals surface area contributed by atoms with Crippen LogP contribution in [0.25, 0.3) is 0 Å². The maximum Gasteiger partial charge on any atom is 0.342 e. The van der Waals surface area contributed by atoms with Crippen molar-refractivity contribution in [1.82, 2.24) is 0 Å². The fourth-order valence-corrected chi connectivity index (χ4v) is 1.76. The number of esters is 1. The molecule has 19 heavy (non-hydrogen) atoms. The standard InChI is InChI=1S/C15H13ClO3/c1-10-3-2-4-13(14(10)17)15(18)19-9-11-5-7-12(16)8-6-11/h2-8,17H,9H2,1H3. The Morgan fingerprint density at radius 3 is 2.58 bits per heavy atom. The van der Waals surface area contributed by atoms with Gasteiger partial charge < -0.3 is 9.84 Å². The maximum absolute atomic E-state index is 11.8.